The lowest BCUT2D eigenvalue weighted by Crippen LogP contribution is -2.35. The monoisotopic (exact) mass is 627 g/mol. The van der Waals surface area contributed by atoms with Crippen LogP contribution < -0.4 is 4.90 Å². The quantitative estimate of drug-likeness (QED) is 0.196. The van der Waals surface area contributed by atoms with Crippen LogP contribution in [0.25, 0.3) is 11.0 Å². The molecule has 5 aromatic rings. The van der Waals surface area contributed by atoms with Crippen LogP contribution in [0.5, 0.6) is 0 Å². The molecule has 0 spiro atoms. The maximum Gasteiger partial charge on any atom is 0.253 e. The number of hydrogen-bond donors (Lipinski definition) is 1. The standard InChI is InChI=1S/C36H39F2N5O3/c1-40(35(45)26-8-3-2-4-9-26)23-28(27-12-15-31(37)32(38)22-27)16-19-41-17-7-18-42(21-20-41)36-39-33-10-5-6-11-34(33)43(36)24-29-13-14-30(25-44)46-29/h2-6,8-15,22,28,44H,7,16-21,23-25H2,1H3. The molecule has 1 aliphatic rings. The molecule has 8 nitrogen and oxygen atoms in total. The molecule has 1 unspecified atom stereocenters. The Morgan fingerprint density at radius 1 is 0.935 bits per heavy atom. The van der Waals surface area contributed by atoms with E-state index in [0.29, 0.717) is 36.4 Å². The number of hydrogen-bond acceptors (Lipinski definition) is 6. The molecule has 0 radical (unpaired) electrons. The number of imidazole rings is 1. The fourth-order valence-corrected chi connectivity index (χ4v) is 6.29. The van der Waals surface area contributed by atoms with E-state index in [1.54, 1.807) is 36.2 Å². The average Bonchev–Trinajstić information content (AvgIpc) is 3.61. The van der Waals surface area contributed by atoms with Gasteiger partial charge in [-0.25, -0.2) is 13.8 Å². The Hall–Kier alpha value is -4.54. The lowest BCUT2D eigenvalue weighted by molar-refractivity contribution is 0.0782. The smallest absolute Gasteiger partial charge is 0.253 e. The van der Waals surface area contributed by atoms with Crippen LogP contribution >= 0.6 is 0 Å². The summed E-state index contributed by atoms with van der Waals surface area (Å²) in [6.07, 6.45) is 1.61. The number of nitrogens with zero attached hydrogens (tertiary/aromatic N) is 5. The van der Waals surface area contributed by atoms with Crippen molar-refractivity contribution in [1.29, 1.82) is 0 Å². The van der Waals surface area contributed by atoms with E-state index in [-0.39, 0.29) is 18.4 Å². The van der Waals surface area contributed by atoms with Gasteiger partial charge in [-0.1, -0.05) is 36.4 Å². The number of carbonyl (C=O) groups is 1. The molecule has 0 bridgehead atoms. The molecule has 1 fully saturated rings. The zero-order chi connectivity index (χ0) is 32.0. The molecule has 1 N–H and O–H groups in total. The Labute approximate surface area is 267 Å². The van der Waals surface area contributed by atoms with Crippen LogP contribution in [0.1, 0.15) is 46.2 Å². The second-order valence-electron chi connectivity index (χ2n) is 11.9. The van der Waals surface area contributed by atoms with Crippen LogP contribution in [0.3, 0.4) is 0 Å². The van der Waals surface area contributed by atoms with Gasteiger partial charge in [-0.2, -0.15) is 0 Å². The highest BCUT2D eigenvalue weighted by Crippen LogP contribution is 2.27. The van der Waals surface area contributed by atoms with Crippen molar-refractivity contribution < 1.29 is 23.1 Å². The number of aromatic nitrogens is 2. The van der Waals surface area contributed by atoms with Crippen LogP contribution in [-0.4, -0.2) is 76.7 Å². The second-order valence-corrected chi connectivity index (χ2v) is 11.9. The number of aliphatic hydroxyl groups is 1. The second kappa shape index (κ2) is 14.3. The maximum absolute atomic E-state index is 14.3. The van der Waals surface area contributed by atoms with Gasteiger partial charge in [-0.05, 0) is 80.0 Å². The van der Waals surface area contributed by atoms with E-state index in [0.717, 1.165) is 61.9 Å². The predicted molar refractivity (Wildman–Crippen MR) is 174 cm³/mol. The van der Waals surface area contributed by atoms with Gasteiger partial charge in [0.25, 0.3) is 5.91 Å². The van der Waals surface area contributed by atoms with E-state index in [9.17, 15) is 18.7 Å². The SMILES string of the molecule is CN(CC(CCN1CCCN(c2nc3ccccc3n2Cc2ccc(CO)o2)CC1)c1ccc(F)c(F)c1)C(=O)c1ccccc1. The van der Waals surface area contributed by atoms with Crippen LogP contribution in [0, 0.1) is 11.6 Å². The molecule has 1 amide bonds. The van der Waals surface area contributed by atoms with Gasteiger partial charge in [0.05, 0.1) is 17.6 Å². The number of aliphatic hydroxyl groups excluding tert-OH is 1. The van der Waals surface area contributed by atoms with Gasteiger partial charge in [0.15, 0.2) is 11.6 Å². The summed E-state index contributed by atoms with van der Waals surface area (Å²) in [5, 5.41) is 9.47. The Morgan fingerprint density at radius 3 is 2.50 bits per heavy atom. The van der Waals surface area contributed by atoms with Gasteiger partial charge >= 0.3 is 0 Å². The molecule has 1 atom stereocenters. The van der Waals surface area contributed by atoms with Crippen molar-refractivity contribution in [3.8, 4) is 0 Å². The molecule has 3 aromatic carbocycles. The van der Waals surface area contributed by atoms with E-state index < -0.39 is 11.6 Å². The number of rotatable bonds is 11. The number of para-hydroxylation sites is 2. The van der Waals surface area contributed by atoms with E-state index >= 15 is 0 Å². The first-order valence-corrected chi connectivity index (χ1v) is 15.8. The Bertz CT molecular complexity index is 1770. The Morgan fingerprint density at radius 2 is 1.72 bits per heavy atom. The van der Waals surface area contributed by atoms with Crippen molar-refractivity contribution in [2.75, 3.05) is 51.2 Å². The lowest BCUT2D eigenvalue weighted by atomic mass is 9.94. The third kappa shape index (κ3) is 7.13. The molecular weight excluding hydrogens is 588 g/mol. The minimum atomic E-state index is -0.880. The van der Waals surface area contributed by atoms with Crippen molar-refractivity contribution in [3.05, 3.63) is 119 Å². The highest BCUT2D eigenvalue weighted by atomic mass is 19.2. The van der Waals surface area contributed by atoms with E-state index in [1.807, 2.05) is 42.5 Å². The molecule has 2 aromatic heterocycles. The van der Waals surface area contributed by atoms with Crippen LogP contribution in [0.15, 0.2) is 89.3 Å². The summed E-state index contributed by atoms with van der Waals surface area (Å²) in [6.45, 7) is 4.79. The molecule has 6 rings (SSSR count). The number of amides is 1. The van der Waals surface area contributed by atoms with E-state index in [1.165, 1.54) is 12.1 Å². The molecule has 240 valence electrons. The first kappa shape index (κ1) is 31.4. The van der Waals surface area contributed by atoms with Gasteiger partial charge in [0, 0.05) is 44.7 Å². The Balaban J connectivity index is 1.15. The fraction of sp³-hybridized carbons (Fsp3) is 0.333. The van der Waals surface area contributed by atoms with Crippen molar-refractivity contribution in [2.24, 2.45) is 0 Å². The highest BCUT2D eigenvalue weighted by molar-refractivity contribution is 5.94. The fourth-order valence-electron chi connectivity index (χ4n) is 6.29. The summed E-state index contributed by atoms with van der Waals surface area (Å²) < 4.78 is 36.1. The number of likely N-dealkylation sites (N-methyl/N-ethyl adjacent to an activating group) is 1. The van der Waals surface area contributed by atoms with E-state index in [2.05, 4.69) is 20.4 Å². The van der Waals surface area contributed by atoms with Gasteiger partial charge in [-0.15, -0.1) is 0 Å². The maximum atomic E-state index is 14.3. The number of fused-ring (bicyclic) bond motifs is 1. The zero-order valence-electron chi connectivity index (χ0n) is 26.0. The zero-order valence-corrected chi connectivity index (χ0v) is 26.0. The Kier molecular flexibility index (Phi) is 9.75. The third-order valence-corrected chi connectivity index (χ3v) is 8.76. The first-order valence-electron chi connectivity index (χ1n) is 15.8. The van der Waals surface area contributed by atoms with Gasteiger partial charge in [-0.3, -0.25) is 4.79 Å². The van der Waals surface area contributed by atoms with Crippen molar-refractivity contribution >= 4 is 22.9 Å². The topological polar surface area (TPSA) is 78.0 Å². The first-order chi connectivity index (χ1) is 22.4. The van der Waals surface area contributed by atoms with E-state index in [4.69, 9.17) is 9.40 Å². The van der Waals surface area contributed by atoms with Gasteiger partial charge in [0.2, 0.25) is 5.95 Å². The highest BCUT2D eigenvalue weighted by Gasteiger charge is 2.24. The number of benzene rings is 3. The average molecular weight is 628 g/mol. The van der Waals surface area contributed by atoms with Gasteiger partial charge in [0.1, 0.15) is 18.1 Å². The summed E-state index contributed by atoms with van der Waals surface area (Å²) in [5.74, 6) is 0.126. The minimum absolute atomic E-state index is 0.108. The summed E-state index contributed by atoms with van der Waals surface area (Å²) in [7, 11) is 1.76. The van der Waals surface area contributed by atoms with Crippen LogP contribution in [-0.2, 0) is 13.2 Å². The molecular formula is C36H39F2N5O3. The third-order valence-electron chi connectivity index (χ3n) is 8.76. The predicted octanol–water partition coefficient (Wildman–Crippen LogP) is 5.91. The lowest BCUT2D eigenvalue weighted by Gasteiger charge is -2.28. The summed E-state index contributed by atoms with van der Waals surface area (Å²) >= 11 is 0. The summed E-state index contributed by atoms with van der Waals surface area (Å²) in [6, 6.07) is 24.9. The molecule has 0 aliphatic carbocycles. The molecule has 10 heteroatoms. The normalized spacial score (nSPS) is 14.8. The van der Waals surface area contributed by atoms with Crippen LogP contribution in [0.4, 0.5) is 14.7 Å². The molecule has 0 saturated carbocycles. The summed E-state index contributed by atoms with van der Waals surface area (Å²) in [4.78, 5) is 24.5. The minimum Gasteiger partial charge on any atom is -0.462 e. The van der Waals surface area contributed by atoms with Gasteiger partial charge < -0.3 is 28.8 Å². The molecule has 46 heavy (non-hydrogen) atoms. The molecule has 1 aliphatic heterocycles. The number of anilines is 1. The summed E-state index contributed by atoms with van der Waals surface area (Å²) in [5.41, 5.74) is 3.20. The number of halogens is 2. The number of carbonyl (C=O) groups excluding carboxylic acids is 1. The molecule has 1 saturated heterocycles. The van der Waals surface area contributed by atoms with Crippen molar-refractivity contribution in [1.82, 2.24) is 19.4 Å². The largest absolute Gasteiger partial charge is 0.462 e. The van der Waals surface area contributed by atoms with Crippen LogP contribution in [0.2, 0.25) is 0 Å². The van der Waals surface area contributed by atoms with Crippen molar-refractivity contribution in [3.63, 3.8) is 0 Å². The number of furan rings is 1. The van der Waals surface area contributed by atoms with Crippen molar-refractivity contribution in [2.45, 2.75) is 31.9 Å². The molecule has 3 heterocycles.